The van der Waals surface area contributed by atoms with Gasteiger partial charge in [0.25, 0.3) is 0 Å². The van der Waals surface area contributed by atoms with Gasteiger partial charge in [0.2, 0.25) is 0 Å². The minimum atomic E-state index is -0.295. The van der Waals surface area contributed by atoms with Gasteiger partial charge in [-0.25, -0.2) is 4.79 Å². The zero-order valence-corrected chi connectivity index (χ0v) is 10.1. The van der Waals surface area contributed by atoms with Crippen LogP contribution >= 0.6 is 0 Å². The third-order valence-electron chi connectivity index (χ3n) is 2.93. The first kappa shape index (κ1) is 11.7. The highest BCUT2D eigenvalue weighted by molar-refractivity contribution is 5.89. The van der Waals surface area contributed by atoms with Crippen LogP contribution < -0.4 is 4.90 Å². The number of para-hydroxylation sites is 1. The number of hydrogen-bond acceptors (Lipinski definition) is 3. The fourth-order valence-electron chi connectivity index (χ4n) is 2.10. The van der Waals surface area contributed by atoms with Gasteiger partial charge < -0.3 is 9.64 Å². The smallest absolute Gasteiger partial charge is 0.335 e. The van der Waals surface area contributed by atoms with Gasteiger partial charge in [0.05, 0.1) is 6.61 Å². The fraction of sp³-hybridized carbons (Fsp3) is 0.357. The molecular weight excluding hydrogens is 214 g/mol. The van der Waals surface area contributed by atoms with E-state index in [0.717, 1.165) is 13.0 Å². The van der Waals surface area contributed by atoms with Crippen molar-refractivity contribution in [3.8, 4) is 0 Å². The summed E-state index contributed by atoms with van der Waals surface area (Å²) in [4.78, 5) is 13.7. The summed E-state index contributed by atoms with van der Waals surface area (Å²) >= 11 is 0. The molecule has 0 saturated carbocycles. The Morgan fingerprint density at radius 2 is 2.24 bits per heavy atom. The van der Waals surface area contributed by atoms with Gasteiger partial charge in [-0.1, -0.05) is 24.8 Å². The summed E-state index contributed by atoms with van der Waals surface area (Å²) in [5.74, 6) is -0.295. The van der Waals surface area contributed by atoms with E-state index in [1.54, 1.807) is 6.92 Å². The molecule has 2 rings (SSSR count). The van der Waals surface area contributed by atoms with Gasteiger partial charge in [-0.3, -0.25) is 0 Å². The molecule has 1 aromatic rings. The molecule has 0 N–H and O–H groups in total. The number of benzene rings is 1. The second-order valence-corrected chi connectivity index (χ2v) is 4.12. The van der Waals surface area contributed by atoms with E-state index in [-0.39, 0.29) is 5.97 Å². The maximum absolute atomic E-state index is 11.5. The van der Waals surface area contributed by atoms with Crippen molar-refractivity contribution >= 4 is 11.7 Å². The van der Waals surface area contributed by atoms with Gasteiger partial charge in [0.1, 0.15) is 0 Å². The number of anilines is 1. The zero-order chi connectivity index (χ0) is 12.3. The third-order valence-corrected chi connectivity index (χ3v) is 2.93. The molecule has 0 saturated heterocycles. The molecule has 0 radical (unpaired) electrons. The van der Waals surface area contributed by atoms with Gasteiger partial charge >= 0.3 is 5.97 Å². The first-order valence-corrected chi connectivity index (χ1v) is 5.90. The van der Waals surface area contributed by atoms with Crippen LogP contribution in [0.25, 0.3) is 0 Å². The van der Waals surface area contributed by atoms with Gasteiger partial charge in [0, 0.05) is 24.4 Å². The minimum absolute atomic E-state index is 0.295. The number of carbonyl (C=O) groups excluding carboxylic acids is 1. The summed E-state index contributed by atoms with van der Waals surface area (Å²) in [7, 11) is 0. The van der Waals surface area contributed by atoms with Crippen molar-refractivity contribution in [2.45, 2.75) is 13.3 Å². The Balaban J connectivity index is 2.02. The highest BCUT2D eigenvalue weighted by Gasteiger charge is 2.20. The van der Waals surface area contributed by atoms with Crippen molar-refractivity contribution in [2.75, 3.05) is 24.6 Å². The number of hydrogen-bond donors (Lipinski definition) is 0. The summed E-state index contributed by atoms with van der Waals surface area (Å²) in [6.45, 7) is 7.49. The molecule has 1 aliphatic rings. The Hall–Kier alpha value is -1.77. The van der Waals surface area contributed by atoms with E-state index in [1.165, 1.54) is 11.3 Å². The molecule has 0 aromatic heterocycles. The lowest BCUT2D eigenvalue weighted by molar-refractivity contribution is -0.138. The normalized spacial score (nSPS) is 13.4. The third kappa shape index (κ3) is 2.49. The van der Waals surface area contributed by atoms with E-state index < -0.39 is 0 Å². The fourth-order valence-corrected chi connectivity index (χ4v) is 2.10. The van der Waals surface area contributed by atoms with E-state index >= 15 is 0 Å². The molecule has 0 unspecified atom stereocenters. The van der Waals surface area contributed by atoms with Gasteiger partial charge in [-0.05, 0) is 25.0 Å². The SMILES string of the molecule is C=C(CN1CCc2ccccc21)C(=O)OCC. The summed E-state index contributed by atoms with van der Waals surface area (Å²) in [5.41, 5.74) is 3.06. The van der Waals surface area contributed by atoms with E-state index in [9.17, 15) is 4.79 Å². The summed E-state index contributed by atoms with van der Waals surface area (Å²) in [6, 6.07) is 8.27. The highest BCUT2D eigenvalue weighted by atomic mass is 16.5. The van der Waals surface area contributed by atoms with Crippen LogP contribution in [0.4, 0.5) is 5.69 Å². The number of fused-ring (bicyclic) bond motifs is 1. The molecular formula is C14H17NO2. The molecule has 1 heterocycles. The van der Waals surface area contributed by atoms with Crippen LogP contribution in [0.3, 0.4) is 0 Å². The van der Waals surface area contributed by atoms with Crippen LogP contribution in [0.5, 0.6) is 0 Å². The quantitative estimate of drug-likeness (QED) is 0.587. The van der Waals surface area contributed by atoms with Gasteiger partial charge in [-0.2, -0.15) is 0 Å². The van der Waals surface area contributed by atoms with Crippen molar-refractivity contribution in [1.29, 1.82) is 0 Å². The van der Waals surface area contributed by atoms with Crippen molar-refractivity contribution in [2.24, 2.45) is 0 Å². The van der Waals surface area contributed by atoms with Crippen molar-refractivity contribution < 1.29 is 9.53 Å². The molecule has 90 valence electrons. The average Bonchev–Trinajstić information content (AvgIpc) is 2.73. The van der Waals surface area contributed by atoms with E-state index in [0.29, 0.717) is 18.7 Å². The lowest BCUT2D eigenvalue weighted by Gasteiger charge is -2.19. The number of ether oxygens (including phenoxy) is 1. The molecule has 0 amide bonds. The molecule has 3 nitrogen and oxygen atoms in total. The lowest BCUT2D eigenvalue weighted by Crippen LogP contribution is -2.26. The standard InChI is InChI=1S/C14H17NO2/c1-3-17-14(16)11(2)10-15-9-8-12-6-4-5-7-13(12)15/h4-7H,2-3,8-10H2,1H3. The second kappa shape index (κ2) is 5.04. The Morgan fingerprint density at radius 1 is 1.47 bits per heavy atom. The molecule has 0 fully saturated rings. The van der Waals surface area contributed by atoms with Crippen LogP contribution in [-0.2, 0) is 16.0 Å². The lowest BCUT2D eigenvalue weighted by atomic mass is 10.2. The molecule has 0 spiro atoms. The monoisotopic (exact) mass is 231 g/mol. The van der Waals surface area contributed by atoms with E-state index in [2.05, 4.69) is 23.6 Å². The maximum atomic E-state index is 11.5. The van der Waals surface area contributed by atoms with Crippen LogP contribution in [0.1, 0.15) is 12.5 Å². The van der Waals surface area contributed by atoms with Crippen molar-refractivity contribution in [3.63, 3.8) is 0 Å². The van der Waals surface area contributed by atoms with Gasteiger partial charge in [-0.15, -0.1) is 0 Å². The van der Waals surface area contributed by atoms with Gasteiger partial charge in [0.15, 0.2) is 0 Å². The highest BCUT2D eigenvalue weighted by Crippen LogP contribution is 2.27. The predicted octanol–water partition coefficient (Wildman–Crippen LogP) is 2.17. The van der Waals surface area contributed by atoms with E-state index in [1.807, 2.05) is 12.1 Å². The zero-order valence-electron chi connectivity index (χ0n) is 10.1. The van der Waals surface area contributed by atoms with E-state index in [4.69, 9.17) is 4.74 Å². The number of nitrogens with zero attached hydrogens (tertiary/aromatic N) is 1. The van der Waals surface area contributed by atoms with Crippen LogP contribution in [0, 0.1) is 0 Å². The molecule has 0 aliphatic carbocycles. The summed E-state index contributed by atoms with van der Waals surface area (Å²) in [5, 5.41) is 0. The molecule has 1 aliphatic heterocycles. The summed E-state index contributed by atoms with van der Waals surface area (Å²) in [6.07, 6.45) is 1.03. The second-order valence-electron chi connectivity index (χ2n) is 4.12. The van der Waals surface area contributed by atoms with Crippen LogP contribution in [0.2, 0.25) is 0 Å². The molecule has 1 aromatic carbocycles. The molecule has 3 heteroatoms. The van der Waals surface area contributed by atoms with Crippen LogP contribution in [0.15, 0.2) is 36.4 Å². The Labute approximate surface area is 102 Å². The Kier molecular flexibility index (Phi) is 3.47. The first-order valence-electron chi connectivity index (χ1n) is 5.90. The van der Waals surface area contributed by atoms with Crippen molar-refractivity contribution in [1.82, 2.24) is 0 Å². The Bertz CT molecular complexity index is 440. The van der Waals surface area contributed by atoms with Crippen LogP contribution in [-0.4, -0.2) is 25.7 Å². The minimum Gasteiger partial charge on any atom is -0.463 e. The van der Waals surface area contributed by atoms with Crippen molar-refractivity contribution in [3.05, 3.63) is 42.0 Å². The first-order chi connectivity index (χ1) is 8.22. The number of rotatable bonds is 4. The maximum Gasteiger partial charge on any atom is 0.335 e. The Morgan fingerprint density at radius 3 is 3.00 bits per heavy atom. The topological polar surface area (TPSA) is 29.5 Å². The molecule has 0 atom stereocenters. The average molecular weight is 231 g/mol. The predicted molar refractivity (Wildman–Crippen MR) is 68.1 cm³/mol. The summed E-state index contributed by atoms with van der Waals surface area (Å²) < 4.78 is 4.94. The molecule has 0 bridgehead atoms. The molecule has 17 heavy (non-hydrogen) atoms. The number of carbonyl (C=O) groups is 1. The number of esters is 1. The largest absolute Gasteiger partial charge is 0.463 e.